The lowest BCUT2D eigenvalue weighted by Gasteiger charge is -2.04. The summed E-state index contributed by atoms with van der Waals surface area (Å²) >= 11 is 5.41. The topological polar surface area (TPSA) is 72.2 Å². The molecule has 5 nitrogen and oxygen atoms in total. The molecule has 0 saturated carbocycles. The summed E-state index contributed by atoms with van der Waals surface area (Å²) in [6.07, 6.45) is 0.741. The van der Waals surface area contributed by atoms with E-state index in [-0.39, 0.29) is 18.0 Å². The number of alkyl halides is 1. The van der Waals surface area contributed by atoms with Crippen molar-refractivity contribution in [3.8, 4) is 0 Å². The van der Waals surface area contributed by atoms with E-state index < -0.39 is 16.4 Å². The van der Waals surface area contributed by atoms with Crippen LogP contribution >= 0.6 is 11.6 Å². The van der Waals surface area contributed by atoms with Gasteiger partial charge in [0.05, 0.1) is 4.92 Å². The third-order valence-corrected chi connectivity index (χ3v) is 2.23. The van der Waals surface area contributed by atoms with Gasteiger partial charge in [-0.05, 0) is 12.5 Å². The average Bonchev–Trinajstić information content (AvgIpc) is 2.26. The second-order valence-corrected chi connectivity index (χ2v) is 3.64. The number of hydrogen-bond donors (Lipinski definition) is 1. The number of halogens is 2. The minimum atomic E-state index is -0.981. The third kappa shape index (κ3) is 3.99. The fraction of sp³-hybridized carbons (Fsp3) is 0.300. The van der Waals surface area contributed by atoms with Gasteiger partial charge in [-0.15, -0.1) is 11.6 Å². The molecule has 0 bridgehead atoms. The van der Waals surface area contributed by atoms with Gasteiger partial charge in [0.2, 0.25) is 11.7 Å². The Morgan fingerprint density at radius 2 is 2.24 bits per heavy atom. The first-order valence-corrected chi connectivity index (χ1v) is 5.38. The highest BCUT2D eigenvalue weighted by atomic mass is 35.5. The number of carbonyl (C=O) groups excluding carboxylic acids is 1. The van der Waals surface area contributed by atoms with Crippen LogP contribution in [0.15, 0.2) is 18.2 Å². The summed E-state index contributed by atoms with van der Waals surface area (Å²) in [5.41, 5.74) is -0.434. The molecule has 1 amide bonds. The minimum absolute atomic E-state index is 0.188. The Morgan fingerprint density at radius 1 is 1.53 bits per heavy atom. The number of rotatable bonds is 5. The lowest BCUT2D eigenvalue weighted by atomic mass is 10.2. The summed E-state index contributed by atoms with van der Waals surface area (Å²) in [5, 5.41) is 12.8. The van der Waals surface area contributed by atoms with Gasteiger partial charge in [0.15, 0.2) is 0 Å². The highest BCUT2D eigenvalue weighted by molar-refractivity contribution is 6.18. The Labute approximate surface area is 102 Å². The fourth-order valence-electron chi connectivity index (χ4n) is 1.18. The molecule has 17 heavy (non-hydrogen) atoms. The van der Waals surface area contributed by atoms with Crippen LogP contribution < -0.4 is 5.32 Å². The number of nitrogens with one attached hydrogen (secondary N) is 1. The van der Waals surface area contributed by atoms with E-state index in [1.165, 1.54) is 6.07 Å². The van der Waals surface area contributed by atoms with Crippen molar-refractivity contribution in [2.45, 2.75) is 12.8 Å². The molecule has 0 aliphatic carbocycles. The first kappa shape index (κ1) is 13.4. The molecule has 7 heteroatoms. The number of nitro benzene ring substituents is 1. The number of nitrogens with zero attached hydrogens (tertiary/aromatic N) is 1. The van der Waals surface area contributed by atoms with Crippen LogP contribution in [0.5, 0.6) is 0 Å². The fourth-order valence-corrected chi connectivity index (χ4v) is 1.32. The number of carbonyl (C=O) groups is 1. The average molecular weight is 261 g/mol. The molecule has 1 rings (SSSR count). The van der Waals surface area contributed by atoms with Crippen LogP contribution in [0.3, 0.4) is 0 Å². The van der Waals surface area contributed by atoms with Gasteiger partial charge in [0, 0.05) is 30.1 Å². The van der Waals surface area contributed by atoms with Gasteiger partial charge < -0.3 is 5.32 Å². The Balaban J connectivity index is 2.70. The summed E-state index contributed by atoms with van der Waals surface area (Å²) in [6, 6.07) is 3.20. The predicted octanol–water partition coefficient (Wildman–Crippen LogP) is 2.69. The van der Waals surface area contributed by atoms with Gasteiger partial charge in [0.25, 0.3) is 0 Å². The molecule has 0 spiro atoms. The minimum Gasteiger partial charge on any atom is -0.326 e. The van der Waals surface area contributed by atoms with Crippen LogP contribution in [0.4, 0.5) is 15.8 Å². The Hall–Kier alpha value is -1.69. The number of anilines is 1. The van der Waals surface area contributed by atoms with E-state index in [2.05, 4.69) is 5.32 Å². The number of benzene rings is 1. The Morgan fingerprint density at radius 3 is 2.76 bits per heavy atom. The molecule has 0 aliphatic rings. The molecule has 0 radical (unpaired) electrons. The second-order valence-electron chi connectivity index (χ2n) is 3.26. The van der Waals surface area contributed by atoms with Crippen molar-refractivity contribution >= 4 is 28.9 Å². The van der Waals surface area contributed by atoms with Gasteiger partial charge in [-0.2, -0.15) is 4.39 Å². The Bertz CT molecular complexity index is 440. The van der Waals surface area contributed by atoms with Gasteiger partial charge >= 0.3 is 5.69 Å². The molecule has 0 fully saturated rings. The number of hydrogen-bond acceptors (Lipinski definition) is 3. The van der Waals surface area contributed by atoms with Crippen LogP contribution in [0, 0.1) is 15.9 Å². The summed E-state index contributed by atoms with van der Waals surface area (Å²) < 4.78 is 13.2. The Kier molecular flexibility index (Phi) is 4.84. The van der Waals surface area contributed by atoms with Crippen molar-refractivity contribution in [2.24, 2.45) is 0 Å². The van der Waals surface area contributed by atoms with E-state index in [0.29, 0.717) is 12.3 Å². The van der Waals surface area contributed by atoms with Gasteiger partial charge in [0.1, 0.15) is 0 Å². The van der Waals surface area contributed by atoms with Crippen LogP contribution in [0.1, 0.15) is 12.8 Å². The van der Waals surface area contributed by atoms with Gasteiger partial charge in [-0.25, -0.2) is 0 Å². The molecular weight excluding hydrogens is 251 g/mol. The quantitative estimate of drug-likeness (QED) is 0.503. The zero-order chi connectivity index (χ0) is 12.8. The van der Waals surface area contributed by atoms with Gasteiger partial charge in [-0.1, -0.05) is 0 Å². The van der Waals surface area contributed by atoms with Crippen LogP contribution in [-0.2, 0) is 4.79 Å². The maximum Gasteiger partial charge on any atom is 0.304 e. The molecule has 1 aromatic rings. The standard InChI is InChI=1S/C10H10ClFN2O3/c11-5-1-2-10(15)13-7-3-4-9(14(16)17)8(12)6-7/h3-4,6H,1-2,5H2,(H,13,15). The molecule has 1 aromatic carbocycles. The van der Waals surface area contributed by atoms with Crippen molar-refractivity contribution < 1.29 is 14.1 Å². The SMILES string of the molecule is O=C(CCCCl)Nc1ccc([N+](=O)[O-])c(F)c1. The molecule has 0 heterocycles. The zero-order valence-corrected chi connectivity index (χ0v) is 9.54. The highest BCUT2D eigenvalue weighted by Crippen LogP contribution is 2.20. The summed E-state index contributed by atoms with van der Waals surface area (Å²) in [6.45, 7) is 0. The molecule has 0 atom stereocenters. The van der Waals surface area contributed by atoms with E-state index >= 15 is 0 Å². The molecule has 1 N–H and O–H groups in total. The van der Waals surface area contributed by atoms with Crippen LogP contribution in [-0.4, -0.2) is 16.7 Å². The maximum absolute atomic E-state index is 13.2. The van der Waals surface area contributed by atoms with Crippen molar-refractivity contribution in [1.82, 2.24) is 0 Å². The summed E-state index contributed by atoms with van der Waals surface area (Å²) in [7, 11) is 0. The largest absolute Gasteiger partial charge is 0.326 e. The zero-order valence-electron chi connectivity index (χ0n) is 8.78. The molecular formula is C10H10ClFN2O3. The first-order valence-electron chi connectivity index (χ1n) is 4.84. The summed E-state index contributed by atoms with van der Waals surface area (Å²) in [4.78, 5) is 20.8. The molecule has 92 valence electrons. The first-order chi connectivity index (χ1) is 8.04. The number of amides is 1. The smallest absolute Gasteiger partial charge is 0.304 e. The van der Waals surface area contributed by atoms with Gasteiger partial charge in [-0.3, -0.25) is 14.9 Å². The van der Waals surface area contributed by atoms with E-state index in [9.17, 15) is 19.3 Å². The number of nitro groups is 1. The van der Waals surface area contributed by atoms with Crippen LogP contribution in [0.2, 0.25) is 0 Å². The maximum atomic E-state index is 13.2. The second kappa shape index (κ2) is 6.15. The lowest BCUT2D eigenvalue weighted by Crippen LogP contribution is -2.11. The normalized spacial score (nSPS) is 10.0. The highest BCUT2D eigenvalue weighted by Gasteiger charge is 2.14. The van der Waals surface area contributed by atoms with Crippen molar-refractivity contribution in [1.29, 1.82) is 0 Å². The predicted molar refractivity (Wildman–Crippen MR) is 61.6 cm³/mol. The molecule has 0 aromatic heterocycles. The van der Waals surface area contributed by atoms with Crippen LogP contribution in [0.25, 0.3) is 0 Å². The molecule has 0 unspecified atom stereocenters. The summed E-state index contributed by atoms with van der Waals surface area (Å²) in [5.74, 6) is -0.925. The third-order valence-electron chi connectivity index (χ3n) is 1.97. The van der Waals surface area contributed by atoms with Crippen molar-refractivity contribution in [3.05, 3.63) is 34.1 Å². The van der Waals surface area contributed by atoms with E-state index in [0.717, 1.165) is 12.1 Å². The lowest BCUT2D eigenvalue weighted by molar-refractivity contribution is -0.387. The van der Waals surface area contributed by atoms with E-state index in [4.69, 9.17) is 11.6 Å². The monoisotopic (exact) mass is 260 g/mol. The molecule has 0 aliphatic heterocycles. The van der Waals surface area contributed by atoms with E-state index in [1.807, 2.05) is 0 Å². The molecule has 0 saturated heterocycles. The van der Waals surface area contributed by atoms with E-state index in [1.54, 1.807) is 0 Å². The van der Waals surface area contributed by atoms with Crippen molar-refractivity contribution in [3.63, 3.8) is 0 Å². The van der Waals surface area contributed by atoms with Crippen molar-refractivity contribution in [2.75, 3.05) is 11.2 Å².